The molecule has 1 aromatic carbocycles. The molecular formula is C15H17F3O4. The van der Waals surface area contributed by atoms with Gasteiger partial charge >= 0.3 is 6.36 Å². The third-order valence-corrected chi connectivity index (χ3v) is 4.26. The summed E-state index contributed by atoms with van der Waals surface area (Å²) in [6.45, 7) is 1.07. The molecule has 122 valence electrons. The molecule has 0 unspecified atom stereocenters. The second kappa shape index (κ2) is 5.40. The van der Waals surface area contributed by atoms with Crippen LogP contribution in [0.15, 0.2) is 24.3 Å². The van der Waals surface area contributed by atoms with Crippen molar-refractivity contribution in [1.29, 1.82) is 0 Å². The fraction of sp³-hybridized carbons (Fsp3) is 0.600. The topological polar surface area (TPSA) is 47.9 Å². The molecule has 0 bridgehead atoms. The third-order valence-electron chi connectivity index (χ3n) is 4.26. The molecule has 2 aliphatic rings. The minimum atomic E-state index is -4.75. The van der Waals surface area contributed by atoms with Crippen LogP contribution >= 0.6 is 0 Å². The molecule has 1 spiro atoms. The molecule has 1 aromatic rings. The van der Waals surface area contributed by atoms with Gasteiger partial charge < -0.3 is 19.3 Å². The second-order valence-corrected chi connectivity index (χ2v) is 5.71. The van der Waals surface area contributed by atoms with Gasteiger partial charge in [0.05, 0.1) is 18.8 Å². The summed E-state index contributed by atoms with van der Waals surface area (Å²) in [7, 11) is 0. The van der Waals surface area contributed by atoms with E-state index in [9.17, 15) is 18.3 Å². The first-order valence-electron chi connectivity index (χ1n) is 7.17. The van der Waals surface area contributed by atoms with E-state index in [4.69, 9.17) is 9.47 Å². The fourth-order valence-electron chi connectivity index (χ4n) is 3.10. The highest BCUT2D eigenvalue weighted by molar-refractivity contribution is 5.33. The predicted octanol–water partition coefficient (Wildman–Crippen LogP) is 3.09. The van der Waals surface area contributed by atoms with Crippen molar-refractivity contribution >= 4 is 0 Å². The molecule has 1 saturated carbocycles. The number of ether oxygens (including phenoxy) is 3. The summed E-state index contributed by atoms with van der Waals surface area (Å²) in [6, 6.07) is 5.51. The van der Waals surface area contributed by atoms with Gasteiger partial charge in [-0.15, -0.1) is 13.2 Å². The van der Waals surface area contributed by atoms with Crippen LogP contribution in [0.2, 0.25) is 0 Å². The normalized spacial score (nSPS) is 23.6. The molecular weight excluding hydrogens is 301 g/mol. The number of benzene rings is 1. The lowest BCUT2D eigenvalue weighted by Crippen LogP contribution is -2.42. The van der Waals surface area contributed by atoms with Crippen molar-refractivity contribution in [3.05, 3.63) is 29.8 Å². The second-order valence-electron chi connectivity index (χ2n) is 5.71. The van der Waals surface area contributed by atoms with Crippen molar-refractivity contribution in [1.82, 2.24) is 0 Å². The van der Waals surface area contributed by atoms with E-state index in [1.807, 2.05) is 0 Å². The summed E-state index contributed by atoms with van der Waals surface area (Å²) >= 11 is 0. The first-order valence-corrected chi connectivity index (χ1v) is 7.17. The van der Waals surface area contributed by atoms with E-state index in [0.29, 0.717) is 44.5 Å². The summed E-state index contributed by atoms with van der Waals surface area (Å²) in [5, 5.41) is 10.8. The molecule has 7 heteroatoms. The van der Waals surface area contributed by atoms with Gasteiger partial charge in [-0.1, -0.05) is 12.1 Å². The molecule has 0 radical (unpaired) electrons. The number of hydrogen-bond donors (Lipinski definition) is 1. The Kier molecular flexibility index (Phi) is 3.82. The van der Waals surface area contributed by atoms with Crippen molar-refractivity contribution in [2.45, 2.75) is 43.4 Å². The molecule has 1 aliphatic carbocycles. The first-order chi connectivity index (χ1) is 10.3. The highest BCUT2D eigenvalue weighted by atomic mass is 19.4. The third kappa shape index (κ3) is 3.21. The number of halogens is 3. The van der Waals surface area contributed by atoms with Gasteiger partial charge in [0.25, 0.3) is 0 Å². The van der Waals surface area contributed by atoms with Crippen LogP contribution in [0.4, 0.5) is 13.2 Å². The van der Waals surface area contributed by atoms with E-state index in [1.54, 1.807) is 6.07 Å². The van der Waals surface area contributed by atoms with E-state index in [2.05, 4.69) is 4.74 Å². The monoisotopic (exact) mass is 318 g/mol. The Morgan fingerprint density at radius 2 is 1.68 bits per heavy atom. The van der Waals surface area contributed by atoms with Gasteiger partial charge in [-0.05, 0) is 30.5 Å². The molecule has 2 fully saturated rings. The van der Waals surface area contributed by atoms with E-state index in [0.717, 1.165) is 0 Å². The molecule has 0 atom stereocenters. The lowest BCUT2D eigenvalue weighted by Gasteiger charge is -2.40. The van der Waals surface area contributed by atoms with Crippen LogP contribution in [0.1, 0.15) is 31.2 Å². The number of aliphatic hydroxyl groups is 1. The summed E-state index contributed by atoms with van der Waals surface area (Å²) in [6.07, 6.45) is -3.00. The van der Waals surface area contributed by atoms with Crippen molar-refractivity contribution in [2.24, 2.45) is 0 Å². The van der Waals surface area contributed by atoms with Crippen LogP contribution in [-0.2, 0) is 15.1 Å². The fourth-order valence-corrected chi connectivity index (χ4v) is 3.10. The quantitative estimate of drug-likeness (QED) is 0.910. The maximum atomic E-state index is 12.3. The Hall–Kier alpha value is -1.31. The zero-order valence-corrected chi connectivity index (χ0v) is 11.9. The van der Waals surface area contributed by atoms with Crippen LogP contribution in [0.25, 0.3) is 0 Å². The van der Waals surface area contributed by atoms with Gasteiger partial charge in [0.15, 0.2) is 5.79 Å². The Balaban J connectivity index is 1.75. The van der Waals surface area contributed by atoms with Crippen LogP contribution < -0.4 is 4.74 Å². The minimum Gasteiger partial charge on any atom is -0.406 e. The molecule has 1 heterocycles. The van der Waals surface area contributed by atoms with Gasteiger partial charge in [0.2, 0.25) is 0 Å². The summed E-state index contributed by atoms with van der Waals surface area (Å²) in [5.74, 6) is -0.959. The number of hydrogen-bond acceptors (Lipinski definition) is 4. The molecule has 1 aliphatic heterocycles. The summed E-state index contributed by atoms with van der Waals surface area (Å²) in [5.41, 5.74) is -0.770. The van der Waals surface area contributed by atoms with E-state index < -0.39 is 17.8 Å². The first kappa shape index (κ1) is 15.6. The average molecular weight is 318 g/mol. The van der Waals surface area contributed by atoms with E-state index >= 15 is 0 Å². The molecule has 1 saturated heterocycles. The molecule has 4 nitrogen and oxygen atoms in total. The van der Waals surface area contributed by atoms with Gasteiger partial charge in [0, 0.05) is 12.8 Å². The van der Waals surface area contributed by atoms with Crippen molar-refractivity contribution in [3.63, 3.8) is 0 Å². The molecule has 0 aromatic heterocycles. The summed E-state index contributed by atoms with van der Waals surface area (Å²) < 4.78 is 52.0. The van der Waals surface area contributed by atoms with Crippen molar-refractivity contribution < 1.29 is 32.5 Å². The molecule has 22 heavy (non-hydrogen) atoms. The van der Waals surface area contributed by atoms with Crippen LogP contribution in [0.5, 0.6) is 5.75 Å². The highest BCUT2D eigenvalue weighted by Crippen LogP contribution is 2.45. The largest absolute Gasteiger partial charge is 0.573 e. The van der Waals surface area contributed by atoms with Gasteiger partial charge in [-0.3, -0.25) is 0 Å². The van der Waals surface area contributed by atoms with Crippen molar-refractivity contribution in [3.8, 4) is 5.75 Å². The minimum absolute atomic E-state index is 0.327. The van der Waals surface area contributed by atoms with Gasteiger partial charge in [0.1, 0.15) is 5.75 Å². The average Bonchev–Trinajstić information content (AvgIpc) is 2.90. The SMILES string of the molecule is OC1(c2cccc(OC(F)(F)F)c2)CCC2(CC1)OCCO2. The van der Waals surface area contributed by atoms with Gasteiger partial charge in [-0.2, -0.15) is 0 Å². The Morgan fingerprint density at radius 1 is 1.05 bits per heavy atom. The van der Waals surface area contributed by atoms with Crippen molar-refractivity contribution in [2.75, 3.05) is 13.2 Å². The van der Waals surface area contributed by atoms with Crippen LogP contribution in [-0.4, -0.2) is 30.5 Å². The predicted molar refractivity (Wildman–Crippen MR) is 70.1 cm³/mol. The Morgan fingerprint density at radius 3 is 2.27 bits per heavy atom. The van der Waals surface area contributed by atoms with Crippen LogP contribution in [0.3, 0.4) is 0 Å². The molecule has 3 rings (SSSR count). The zero-order valence-electron chi connectivity index (χ0n) is 11.9. The number of alkyl halides is 3. The van der Waals surface area contributed by atoms with E-state index in [-0.39, 0.29) is 5.75 Å². The smallest absolute Gasteiger partial charge is 0.406 e. The van der Waals surface area contributed by atoms with E-state index in [1.165, 1.54) is 18.2 Å². The zero-order chi connectivity index (χ0) is 15.8. The lowest BCUT2D eigenvalue weighted by molar-refractivity contribution is -0.274. The maximum absolute atomic E-state index is 12.3. The molecule has 1 N–H and O–H groups in total. The van der Waals surface area contributed by atoms with Crippen LogP contribution in [0, 0.1) is 0 Å². The highest BCUT2D eigenvalue weighted by Gasteiger charge is 2.46. The Labute approximate surface area is 125 Å². The summed E-state index contributed by atoms with van der Waals surface area (Å²) in [4.78, 5) is 0. The number of rotatable bonds is 2. The maximum Gasteiger partial charge on any atom is 0.573 e. The standard InChI is InChI=1S/C15H17F3O4/c16-15(17,18)22-12-3-1-2-11(10-12)13(19)4-6-14(7-5-13)20-8-9-21-14/h1-3,10,19H,4-9H2. The molecule has 0 amide bonds. The Bertz CT molecular complexity index is 528. The lowest BCUT2D eigenvalue weighted by atomic mass is 9.77. The van der Waals surface area contributed by atoms with Gasteiger partial charge in [-0.25, -0.2) is 0 Å².